The summed E-state index contributed by atoms with van der Waals surface area (Å²) in [6.45, 7) is 9.41. The van der Waals surface area contributed by atoms with Crippen molar-refractivity contribution < 1.29 is 9.90 Å². The lowest BCUT2D eigenvalue weighted by Crippen LogP contribution is -2.10. The molecule has 1 N–H and O–H groups in total. The highest BCUT2D eigenvalue weighted by atomic mass is 16.3. The maximum Gasteiger partial charge on any atom is 0.268 e. The van der Waals surface area contributed by atoms with Gasteiger partial charge in [0.1, 0.15) is 0 Å². The molecule has 2 atom stereocenters. The van der Waals surface area contributed by atoms with Crippen LogP contribution < -0.4 is 0 Å². The summed E-state index contributed by atoms with van der Waals surface area (Å²) in [6, 6.07) is 16.3. The third-order valence-electron chi connectivity index (χ3n) is 6.21. The molecule has 2 aromatic carbocycles. The lowest BCUT2D eigenvalue weighted by molar-refractivity contribution is -0.119. The highest BCUT2D eigenvalue weighted by molar-refractivity contribution is 5.95. The fourth-order valence-corrected chi connectivity index (χ4v) is 4.15. The van der Waals surface area contributed by atoms with E-state index in [-0.39, 0.29) is 29.0 Å². The van der Waals surface area contributed by atoms with Crippen LogP contribution in [0.15, 0.2) is 58.8 Å². The Hall–Kier alpha value is -2.95. The number of fused-ring (bicyclic) bond motifs is 1. The van der Waals surface area contributed by atoms with Gasteiger partial charge in [-0.1, -0.05) is 76.6 Å². The van der Waals surface area contributed by atoms with E-state index >= 15 is 0 Å². The second kappa shape index (κ2) is 8.29. The standard InChI is InChI=1S/C26H31N3O2/c1-5-6-15-29-22-10-8-7-9-19(22)23(25(29)31)27-28-24(30)21-16-20(21)17-11-13-18(14-12-17)26(2,3)4/h7-14,20-21,31H,5-6,15-16H2,1-4H3. The number of carbonyl (C=O) groups excluding carboxylic acids is 1. The molecule has 0 radical (unpaired) electrons. The molecule has 3 aromatic rings. The number of carbonyl (C=O) groups is 1. The van der Waals surface area contributed by atoms with E-state index in [1.165, 1.54) is 11.1 Å². The molecular weight excluding hydrogens is 386 g/mol. The molecule has 31 heavy (non-hydrogen) atoms. The van der Waals surface area contributed by atoms with Gasteiger partial charge in [0.2, 0.25) is 5.88 Å². The number of azo groups is 1. The number of hydrogen-bond donors (Lipinski definition) is 1. The van der Waals surface area contributed by atoms with Crippen LogP contribution in [0.5, 0.6) is 5.88 Å². The van der Waals surface area contributed by atoms with Crippen LogP contribution in [-0.2, 0) is 16.8 Å². The largest absolute Gasteiger partial charge is 0.493 e. The average molecular weight is 418 g/mol. The van der Waals surface area contributed by atoms with Gasteiger partial charge in [-0.2, -0.15) is 0 Å². The van der Waals surface area contributed by atoms with Crippen molar-refractivity contribution in [1.29, 1.82) is 0 Å². The molecule has 1 heterocycles. The third kappa shape index (κ3) is 4.27. The summed E-state index contributed by atoms with van der Waals surface area (Å²) in [5.41, 5.74) is 3.88. The molecule has 162 valence electrons. The summed E-state index contributed by atoms with van der Waals surface area (Å²) in [5.74, 6) is -0.0502. The van der Waals surface area contributed by atoms with Gasteiger partial charge in [-0.3, -0.25) is 4.79 Å². The molecule has 2 unspecified atom stereocenters. The number of unbranched alkanes of at least 4 members (excludes halogenated alkanes) is 1. The summed E-state index contributed by atoms with van der Waals surface area (Å²) < 4.78 is 1.86. The fourth-order valence-electron chi connectivity index (χ4n) is 4.15. The first-order valence-corrected chi connectivity index (χ1v) is 11.2. The van der Waals surface area contributed by atoms with E-state index in [4.69, 9.17) is 0 Å². The van der Waals surface area contributed by atoms with Crippen molar-refractivity contribution in [1.82, 2.24) is 4.57 Å². The van der Waals surface area contributed by atoms with Crippen LogP contribution in [0.25, 0.3) is 10.9 Å². The zero-order valence-corrected chi connectivity index (χ0v) is 18.8. The molecule has 5 nitrogen and oxygen atoms in total. The Morgan fingerprint density at radius 1 is 1.13 bits per heavy atom. The van der Waals surface area contributed by atoms with Crippen LogP contribution in [0, 0.1) is 5.92 Å². The number of rotatable bonds is 6. The number of aromatic nitrogens is 1. The smallest absolute Gasteiger partial charge is 0.268 e. The van der Waals surface area contributed by atoms with Gasteiger partial charge in [0.15, 0.2) is 5.69 Å². The first kappa shape index (κ1) is 21.3. The first-order valence-electron chi connectivity index (χ1n) is 11.2. The molecular formula is C26H31N3O2. The minimum Gasteiger partial charge on any atom is -0.493 e. The summed E-state index contributed by atoms with van der Waals surface area (Å²) in [7, 11) is 0. The topological polar surface area (TPSA) is 66.9 Å². The summed E-state index contributed by atoms with van der Waals surface area (Å²) in [4.78, 5) is 12.7. The van der Waals surface area contributed by atoms with Gasteiger partial charge in [-0.25, -0.2) is 0 Å². The van der Waals surface area contributed by atoms with Crippen LogP contribution >= 0.6 is 0 Å². The molecule has 5 heteroatoms. The van der Waals surface area contributed by atoms with Gasteiger partial charge in [-0.15, -0.1) is 10.2 Å². The summed E-state index contributed by atoms with van der Waals surface area (Å²) >= 11 is 0. The van der Waals surface area contributed by atoms with Crippen molar-refractivity contribution in [3.63, 3.8) is 0 Å². The minimum absolute atomic E-state index is 0.0799. The minimum atomic E-state index is -0.213. The van der Waals surface area contributed by atoms with Crippen molar-refractivity contribution in [2.75, 3.05) is 0 Å². The highest BCUT2D eigenvalue weighted by Gasteiger charge is 2.44. The van der Waals surface area contributed by atoms with E-state index in [9.17, 15) is 9.90 Å². The maximum atomic E-state index is 12.7. The number of nitrogens with zero attached hydrogens (tertiary/aromatic N) is 3. The van der Waals surface area contributed by atoms with Gasteiger partial charge in [0.25, 0.3) is 5.91 Å². The predicted octanol–water partition coefficient (Wildman–Crippen LogP) is 6.86. The maximum absolute atomic E-state index is 12.7. The second-order valence-electron chi connectivity index (χ2n) is 9.55. The van der Waals surface area contributed by atoms with Crippen LogP contribution in [0.4, 0.5) is 5.69 Å². The quantitative estimate of drug-likeness (QED) is 0.445. The SMILES string of the molecule is CCCCn1c(O)c(N=NC(=O)C2CC2c2ccc(C(C)(C)C)cc2)c2ccccc21. The normalized spacial score (nSPS) is 18.7. The number of hydrogen-bond acceptors (Lipinski definition) is 3. The molecule has 1 saturated carbocycles. The van der Waals surface area contributed by atoms with E-state index in [2.05, 4.69) is 62.2 Å². The van der Waals surface area contributed by atoms with Gasteiger partial charge >= 0.3 is 0 Å². The van der Waals surface area contributed by atoms with Crippen molar-refractivity contribution >= 4 is 22.5 Å². The number of para-hydroxylation sites is 1. The van der Waals surface area contributed by atoms with E-state index in [0.717, 1.165) is 30.2 Å². The zero-order valence-electron chi connectivity index (χ0n) is 18.8. The van der Waals surface area contributed by atoms with Gasteiger partial charge in [-0.05, 0) is 41.4 Å². The molecule has 1 fully saturated rings. The van der Waals surface area contributed by atoms with Crippen LogP contribution in [0.3, 0.4) is 0 Å². The Morgan fingerprint density at radius 2 is 1.84 bits per heavy atom. The highest BCUT2D eigenvalue weighted by Crippen LogP contribution is 2.49. The number of aryl methyl sites for hydroxylation is 1. The molecule has 0 spiro atoms. The summed E-state index contributed by atoms with van der Waals surface area (Å²) in [5, 5.41) is 19.8. The third-order valence-corrected chi connectivity index (χ3v) is 6.21. The monoisotopic (exact) mass is 417 g/mol. The Bertz CT molecular complexity index is 1120. The van der Waals surface area contributed by atoms with Gasteiger partial charge < -0.3 is 9.67 Å². The molecule has 0 aliphatic heterocycles. The number of aromatic hydroxyl groups is 1. The van der Waals surface area contributed by atoms with Crippen molar-refractivity contribution in [3.8, 4) is 5.88 Å². The van der Waals surface area contributed by atoms with E-state index in [1.54, 1.807) is 0 Å². The summed E-state index contributed by atoms with van der Waals surface area (Å²) in [6.07, 6.45) is 2.79. The van der Waals surface area contributed by atoms with Crippen LogP contribution in [0.2, 0.25) is 0 Å². The van der Waals surface area contributed by atoms with E-state index in [1.807, 2.05) is 28.8 Å². The molecule has 1 aliphatic rings. The lowest BCUT2D eigenvalue weighted by Gasteiger charge is -2.19. The molecule has 0 saturated heterocycles. The molecule has 1 aliphatic carbocycles. The van der Waals surface area contributed by atoms with E-state index < -0.39 is 0 Å². The Kier molecular flexibility index (Phi) is 5.69. The molecule has 1 aromatic heterocycles. The Balaban J connectivity index is 1.50. The van der Waals surface area contributed by atoms with Crippen LogP contribution in [-0.4, -0.2) is 15.6 Å². The lowest BCUT2D eigenvalue weighted by atomic mass is 9.86. The van der Waals surface area contributed by atoms with Crippen LogP contribution in [0.1, 0.15) is 64.0 Å². The number of amides is 1. The van der Waals surface area contributed by atoms with Crippen molar-refractivity contribution in [2.24, 2.45) is 16.1 Å². The molecule has 1 amide bonds. The molecule has 0 bridgehead atoms. The van der Waals surface area contributed by atoms with Gasteiger partial charge in [0, 0.05) is 17.8 Å². The van der Waals surface area contributed by atoms with E-state index in [0.29, 0.717) is 12.2 Å². The zero-order chi connectivity index (χ0) is 22.2. The first-order chi connectivity index (χ1) is 14.8. The Morgan fingerprint density at radius 3 is 2.52 bits per heavy atom. The second-order valence-corrected chi connectivity index (χ2v) is 9.55. The Labute approximate surface area is 183 Å². The van der Waals surface area contributed by atoms with Gasteiger partial charge in [0.05, 0.1) is 5.52 Å². The predicted molar refractivity (Wildman–Crippen MR) is 124 cm³/mol. The van der Waals surface area contributed by atoms with Crippen molar-refractivity contribution in [3.05, 3.63) is 59.7 Å². The fraction of sp³-hybridized carbons (Fsp3) is 0.423. The van der Waals surface area contributed by atoms with Crippen molar-refractivity contribution in [2.45, 2.75) is 64.8 Å². The average Bonchev–Trinajstić information content (AvgIpc) is 3.50. The number of benzene rings is 2. The molecule has 4 rings (SSSR count).